The highest BCUT2D eigenvalue weighted by atomic mass is 16.7. The summed E-state index contributed by atoms with van der Waals surface area (Å²) >= 11 is 0. The molecule has 0 saturated heterocycles. The molecule has 82 valence electrons. The van der Waals surface area contributed by atoms with Crippen molar-refractivity contribution in [3.05, 3.63) is 0 Å². The predicted octanol–water partition coefficient (Wildman–Crippen LogP) is 1.58. The van der Waals surface area contributed by atoms with E-state index in [-0.39, 0.29) is 0 Å². The minimum Gasteiger partial charge on any atom is -0.330 e. The van der Waals surface area contributed by atoms with Gasteiger partial charge in [-0.05, 0) is 38.1 Å². The fourth-order valence-electron chi connectivity index (χ4n) is 2.66. The van der Waals surface area contributed by atoms with Gasteiger partial charge in [-0.1, -0.05) is 19.3 Å². The number of rotatable bonds is 4. The number of hydrogen-bond donors (Lipinski definition) is 2. The molecule has 3 nitrogen and oxygen atoms in total. The van der Waals surface area contributed by atoms with E-state index in [0.29, 0.717) is 18.1 Å². The zero-order valence-corrected chi connectivity index (χ0v) is 8.87. The minimum absolute atomic E-state index is 0.467. The standard InChI is InChI=1S/C11H22N2O/c12-8-9-4-3-7-11(9)13-14-10-5-1-2-6-10/h9-11,13H,1-8,12H2. The molecular formula is C11H22N2O. The quantitative estimate of drug-likeness (QED) is 0.674. The van der Waals surface area contributed by atoms with Crippen LogP contribution in [0.3, 0.4) is 0 Å². The smallest absolute Gasteiger partial charge is 0.0790 e. The second-order valence-corrected chi connectivity index (χ2v) is 4.68. The van der Waals surface area contributed by atoms with Crippen LogP contribution in [0.15, 0.2) is 0 Å². The van der Waals surface area contributed by atoms with Gasteiger partial charge in [0.25, 0.3) is 0 Å². The first-order chi connectivity index (χ1) is 6.90. The van der Waals surface area contributed by atoms with E-state index in [1.54, 1.807) is 0 Å². The number of hydrogen-bond acceptors (Lipinski definition) is 3. The number of hydroxylamine groups is 1. The number of nitrogens with two attached hydrogens (primary N) is 1. The van der Waals surface area contributed by atoms with Crippen molar-refractivity contribution in [2.75, 3.05) is 6.54 Å². The van der Waals surface area contributed by atoms with Crippen LogP contribution in [0.5, 0.6) is 0 Å². The van der Waals surface area contributed by atoms with Gasteiger partial charge in [-0.2, -0.15) is 5.48 Å². The van der Waals surface area contributed by atoms with Gasteiger partial charge in [0, 0.05) is 6.04 Å². The first kappa shape index (κ1) is 10.4. The van der Waals surface area contributed by atoms with E-state index in [1.807, 2.05) is 0 Å². The van der Waals surface area contributed by atoms with Crippen molar-refractivity contribution in [1.29, 1.82) is 0 Å². The highest BCUT2D eigenvalue weighted by molar-refractivity contribution is 4.81. The molecule has 2 aliphatic rings. The van der Waals surface area contributed by atoms with Crippen LogP contribution in [0, 0.1) is 5.92 Å². The maximum atomic E-state index is 5.71. The second kappa shape index (κ2) is 5.10. The average molecular weight is 198 g/mol. The summed E-state index contributed by atoms with van der Waals surface area (Å²) < 4.78 is 0. The van der Waals surface area contributed by atoms with E-state index in [1.165, 1.54) is 44.9 Å². The second-order valence-electron chi connectivity index (χ2n) is 4.68. The Morgan fingerprint density at radius 1 is 1.07 bits per heavy atom. The highest BCUT2D eigenvalue weighted by Crippen LogP contribution is 2.26. The van der Waals surface area contributed by atoms with Crippen LogP contribution < -0.4 is 11.2 Å². The molecule has 2 saturated carbocycles. The third-order valence-corrected chi connectivity index (χ3v) is 3.65. The molecule has 0 amide bonds. The third-order valence-electron chi connectivity index (χ3n) is 3.65. The summed E-state index contributed by atoms with van der Waals surface area (Å²) in [6.07, 6.45) is 9.38. The van der Waals surface area contributed by atoms with Crippen LogP contribution in [-0.2, 0) is 4.84 Å². The van der Waals surface area contributed by atoms with Gasteiger partial charge in [-0.3, -0.25) is 4.84 Å². The first-order valence-electron chi connectivity index (χ1n) is 6.01. The Morgan fingerprint density at radius 2 is 1.86 bits per heavy atom. The van der Waals surface area contributed by atoms with E-state index < -0.39 is 0 Å². The van der Waals surface area contributed by atoms with Crippen LogP contribution in [0.25, 0.3) is 0 Å². The molecule has 0 aromatic rings. The molecule has 0 aliphatic heterocycles. The monoisotopic (exact) mass is 198 g/mol. The maximum Gasteiger partial charge on any atom is 0.0790 e. The summed E-state index contributed by atoms with van der Waals surface area (Å²) in [5.41, 5.74) is 8.96. The van der Waals surface area contributed by atoms with Gasteiger partial charge in [0.15, 0.2) is 0 Å². The van der Waals surface area contributed by atoms with Gasteiger partial charge in [0.05, 0.1) is 6.10 Å². The summed E-state index contributed by atoms with van der Waals surface area (Å²) in [6, 6.07) is 0.514. The molecule has 2 aliphatic carbocycles. The summed E-state index contributed by atoms with van der Waals surface area (Å²) in [5, 5.41) is 0. The molecule has 0 bridgehead atoms. The van der Waals surface area contributed by atoms with E-state index >= 15 is 0 Å². The predicted molar refractivity (Wildman–Crippen MR) is 56.7 cm³/mol. The van der Waals surface area contributed by atoms with Gasteiger partial charge in [0.2, 0.25) is 0 Å². The Balaban J connectivity index is 1.68. The molecule has 14 heavy (non-hydrogen) atoms. The summed E-state index contributed by atoms with van der Waals surface area (Å²) in [5.74, 6) is 0.636. The molecule has 3 N–H and O–H groups in total. The largest absolute Gasteiger partial charge is 0.330 e. The Kier molecular flexibility index (Phi) is 3.79. The van der Waals surface area contributed by atoms with Crippen LogP contribution >= 0.6 is 0 Å². The molecule has 0 aromatic heterocycles. The van der Waals surface area contributed by atoms with Gasteiger partial charge >= 0.3 is 0 Å². The van der Waals surface area contributed by atoms with Crippen LogP contribution in [0.1, 0.15) is 44.9 Å². The molecule has 3 heteroatoms. The van der Waals surface area contributed by atoms with E-state index in [0.717, 1.165) is 6.54 Å². The average Bonchev–Trinajstić information content (AvgIpc) is 2.85. The van der Waals surface area contributed by atoms with Crippen molar-refractivity contribution in [2.24, 2.45) is 11.7 Å². The minimum atomic E-state index is 0.467. The molecule has 0 spiro atoms. The van der Waals surface area contributed by atoms with Crippen molar-refractivity contribution in [3.8, 4) is 0 Å². The Morgan fingerprint density at radius 3 is 2.57 bits per heavy atom. The van der Waals surface area contributed by atoms with Crippen LogP contribution in [-0.4, -0.2) is 18.7 Å². The zero-order chi connectivity index (χ0) is 9.80. The van der Waals surface area contributed by atoms with E-state index in [9.17, 15) is 0 Å². The van der Waals surface area contributed by atoms with Gasteiger partial charge < -0.3 is 5.73 Å². The molecular weight excluding hydrogens is 176 g/mol. The van der Waals surface area contributed by atoms with Gasteiger partial charge in [-0.15, -0.1) is 0 Å². The lowest BCUT2D eigenvalue weighted by atomic mass is 10.1. The topological polar surface area (TPSA) is 47.3 Å². The van der Waals surface area contributed by atoms with Crippen LogP contribution in [0.4, 0.5) is 0 Å². The molecule has 2 unspecified atom stereocenters. The lowest BCUT2D eigenvalue weighted by molar-refractivity contribution is -0.0459. The van der Waals surface area contributed by atoms with Gasteiger partial charge in [0.1, 0.15) is 0 Å². The Labute approximate surface area is 86.3 Å². The molecule has 2 fully saturated rings. The fourth-order valence-corrected chi connectivity index (χ4v) is 2.66. The lowest BCUT2D eigenvalue weighted by Crippen LogP contribution is -2.37. The fraction of sp³-hybridized carbons (Fsp3) is 1.00. The first-order valence-corrected chi connectivity index (χ1v) is 6.01. The van der Waals surface area contributed by atoms with E-state index in [2.05, 4.69) is 5.48 Å². The number of nitrogens with one attached hydrogen (secondary N) is 1. The zero-order valence-electron chi connectivity index (χ0n) is 8.87. The molecule has 0 heterocycles. The summed E-state index contributed by atoms with van der Waals surface area (Å²) in [6.45, 7) is 0.797. The van der Waals surface area contributed by atoms with Crippen molar-refractivity contribution in [3.63, 3.8) is 0 Å². The lowest BCUT2D eigenvalue weighted by Gasteiger charge is -2.21. The van der Waals surface area contributed by atoms with Crippen molar-refractivity contribution >= 4 is 0 Å². The molecule has 0 aromatic carbocycles. The molecule has 0 radical (unpaired) electrons. The molecule has 2 rings (SSSR count). The third kappa shape index (κ3) is 2.47. The normalized spacial score (nSPS) is 34.1. The van der Waals surface area contributed by atoms with Crippen molar-refractivity contribution < 1.29 is 4.84 Å². The maximum absolute atomic E-state index is 5.71. The summed E-state index contributed by atoms with van der Waals surface area (Å²) in [7, 11) is 0. The van der Waals surface area contributed by atoms with Crippen LogP contribution in [0.2, 0.25) is 0 Å². The SMILES string of the molecule is NCC1CCCC1NOC1CCCC1. The van der Waals surface area contributed by atoms with Crippen molar-refractivity contribution in [1.82, 2.24) is 5.48 Å². The Bertz CT molecular complexity index is 169. The van der Waals surface area contributed by atoms with Gasteiger partial charge in [-0.25, -0.2) is 0 Å². The van der Waals surface area contributed by atoms with Crippen molar-refractivity contribution in [2.45, 2.75) is 57.1 Å². The molecule has 2 atom stereocenters. The highest BCUT2D eigenvalue weighted by Gasteiger charge is 2.27. The summed E-state index contributed by atoms with van der Waals surface area (Å²) in [4.78, 5) is 5.71. The van der Waals surface area contributed by atoms with E-state index in [4.69, 9.17) is 10.6 Å². The Hall–Kier alpha value is -0.120.